The van der Waals surface area contributed by atoms with Crippen LogP contribution >= 0.6 is 11.6 Å². The highest BCUT2D eigenvalue weighted by Crippen LogP contribution is 2.43. The third kappa shape index (κ3) is 3.48. The average Bonchev–Trinajstić information content (AvgIpc) is 2.50. The summed E-state index contributed by atoms with van der Waals surface area (Å²) in [6, 6.07) is 4.27. The van der Waals surface area contributed by atoms with Gasteiger partial charge in [-0.2, -0.15) is 0 Å². The Balaban J connectivity index is 1.64. The minimum Gasteiger partial charge on any atom is -0.299 e. The van der Waals surface area contributed by atoms with E-state index < -0.39 is 0 Å². The molecule has 114 valence electrons. The van der Waals surface area contributed by atoms with E-state index >= 15 is 0 Å². The van der Waals surface area contributed by atoms with Crippen molar-refractivity contribution in [3.8, 4) is 0 Å². The number of hydrogen-bond donors (Lipinski definition) is 0. The highest BCUT2D eigenvalue weighted by Gasteiger charge is 2.34. The summed E-state index contributed by atoms with van der Waals surface area (Å²) >= 11 is 6.07. The summed E-state index contributed by atoms with van der Waals surface area (Å²) in [6.45, 7) is 0. The summed E-state index contributed by atoms with van der Waals surface area (Å²) in [5, 5.41) is 0.496. The van der Waals surface area contributed by atoms with E-state index in [1.807, 2.05) is 0 Å². The molecule has 0 aromatic heterocycles. The molecule has 21 heavy (non-hydrogen) atoms. The van der Waals surface area contributed by atoms with Gasteiger partial charge in [0.2, 0.25) is 0 Å². The van der Waals surface area contributed by atoms with Crippen LogP contribution in [0.3, 0.4) is 0 Å². The number of fused-ring (bicyclic) bond motifs is 1. The minimum atomic E-state index is -0.321. The second-order valence-electron chi connectivity index (χ2n) is 6.69. The van der Waals surface area contributed by atoms with Crippen LogP contribution in [-0.2, 0) is 11.2 Å². The molecule has 3 unspecified atom stereocenters. The number of rotatable bonds is 3. The third-order valence-electron chi connectivity index (χ3n) is 5.37. The largest absolute Gasteiger partial charge is 0.299 e. The van der Waals surface area contributed by atoms with Crippen molar-refractivity contribution in [2.75, 3.05) is 0 Å². The Bertz CT molecular complexity index is 528. The zero-order chi connectivity index (χ0) is 14.8. The van der Waals surface area contributed by atoms with Crippen LogP contribution in [0.25, 0.3) is 0 Å². The van der Waals surface area contributed by atoms with Crippen molar-refractivity contribution >= 4 is 17.4 Å². The van der Waals surface area contributed by atoms with E-state index in [1.165, 1.54) is 50.3 Å². The molecular weight excluding hydrogens is 287 g/mol. The van der Waals surface area contributed by atoms with E-state index in [1.54, 1.807) is 0 Å². The van der Waals surface area contributed by atoms with Crippen molar-refractivity contribution in [2.24, 2.45) is 17.8 Å². The molecule has 0 aliphatic heterocycles. The molecule has 3 rings (SSSR count). The molecule has 0 radical (unpaired) electrons. The second-order valence-corrected chi connectivity index (χ2v) is 7.10. The zero-order valence-electron chi connectivity index (χ0n) is 12.3. The van der Waals surface area contributed by atoms with E-state index in [9.17, 15) is 9.18 Å². The zero-order valence-corrected chi connectivity index (χ0v) is 13.0. The maximum Gasteiger partial charge on any atom is 0.140 e. The molecule has 0 N–H and O–H groups in total. The van der Waals surface area contributed by atoms with Gasteiger partial charge in [-0.3, -0.25) is 4.79 Å². The first-order chi connectivity index (χ1) is 10.1. The minimum absolute atomic E-state index is 0.156. The first-order valence-corrected chi connectivity index (χ1v) is 8.48. The third-order valence-corrected chi connectivity index (χ3v) is 5.74. The summed E-state index contributed by atoms with van der Waals surface area (Å²) in [5.74, 6) is 1.67. The van der Waals surface area contributed by atoms with Gasteiger partial charge < -0.3 is 0 Å². The van der Waals surface area contributed by atoms with Gasteiger partial charge >= 0.3 is 0 Å². The molecule has 1 nitrogen and oxygen atoms in total. The molecule has 0 saturated heterocycles. The summed E-state index contributed by atoms with van der Waals surface area (Å²) in [7, 11) is 0. The Labute approximate surface area is 130 Å². The summed E-state index contributed by atoms with van der Waals surface area (Å²) in [4.78, 5) is 12.5. The maximum atomic E-state index is 13.3. The van der Waals surface area contributed by atoms with Crippen LogP contribution in [-0.4, -0.2) is 5.78 Å². The van der Waals surface area contributed by atoms with E-state index in [4.69, 9.17) is 11.6 Å². The molecule has 3 atom stereocenters. The van der Waals surface area contributed by atoms with Crippen LogP contribution in [0.2, 0.25) is 5.02 Å². The SMILES string of the molecule is O=C(Cc1cc(F)ccc1Cl)C1CCC2CCCCC2C1. The van der Waals surface area contributed by atoms with E-state index in [0.29, 0.717) is 10.6 Å². The Hall–Kier alpha value is -0.890. The standard InChI is InChI=1S/C18H22ClFO/c19-17-8-7-16(20)10-15(17)11-18(21)14-6-5-12-3-1-2-4-13(12)9-14/h7-8,10,12-14H,1-6,9,11H2. The van der Waals surface area contributed by atoms with E-state index in [-0.39, 0.29) is 23.9 Å². The number of carbonyl (C=O) groups excluding carboxylic acids is 1. The fourth-order valence-corrected chi connectivity index (χ4v) is 4.36. The van der Waals surface area contributed by atoms with Crippen LogP contribution in [0.15, 0.2) is 18.2 Å². The van der Waals surface area contributed by atoms with Crippen molar-refractivity contribution in [1.29, 1.82) is 0 Å². The smallest absolute Gasteiger partial charge is 0.140 e. The molecule has 1 aromatic carbocycles. The average molecular weight is 309 g/mol. The molecule has 0 bridgehead atoms. The van der Waals surface area contributed by atoms with Crippen LogP contribution in [0, 0.1) is 23.6 Å². The van der Waals surface area contributed by atoms with Crippen molar-refractivity contribution < 1.29 is 9.18 Å². The molecule has 2 aliphatic rings. The number of benzene rings is 1. The van der Waals surface area contributed by atoms with Crippen LogP contribution in [0.5, 0.6) is 0 Å². The lowest BCUT2D eigenvalue weighted by Gasteiger charge is -2.38. The quantitative estimate of drug-likeness (QED) is 0.750. The lowest BCUT2D eigenvalue weighted by molar-refractivity contribution is -0.124. The van der Waals surface area contributed by atoms with Crippen molar-refractivity contribution in [3.63, 3.8) is 0 Å². The fourth-order valence-electron chi connectivity index (χ4n) is 4.18. The topological polar surface area (TPSA) is 17.1 Å². The number of hydrogen-bond acceptors (Lipinski definition) is 1. The summed E-state index contributed by atoms with van der Waals surface area (Å²) in [5.41, 5.74) is 0.632. The molecule has 0 spiro atoms. The van der Waals surface area contributed by atoms with Gasteiger partial charge in [0.1, 0.15) is 11.6 Å². The van der Waals surface area contributed by atoms with Crippen LogP contribution in [0.1, 0.15) is 50.5 Å². The molecule has 1 aromatic rings. The van der Waals surface area contributed by atoms with Gasteiger partial charge in [-0.15, -0.1) is 0 Å². The molecule has 2 fully saturated rings. The van der Waals surface area contributed by atoms with E-state index in [2.05, 4.69) is 0 Å². The second kappa shape index (κ2) is 6.48. The maximum absolute atomic E-state index is 13.3. The van der Waals surface area contributed by atoms with Gasteiger partial charge in [0.25, 0.3) is 0 Å². The Morgan fingerprint density at radius 1 is 1.14 bits per heavy atom. The number of Topliss-reactive ketones (excluding diaryl/α,β-unsaturated/α-hetero) is 1. The first kappa shape index (κ1) is 15.0. The highest BCUT2D eigenvalue weighted by molar-refractivity contribution is 6.31. The van der Waals surface area contributed by atoms with Crippen molar-refractivity contribution in [1.82, 2.24) is 0 Å². The predicted octanol–water partition coefficient (Wildman–Crippen LogP) is 5.20. The molecule has 0 amide bonds. The fraction of sp³-hybridized carbons (Fsp3) is 0.611. The lowest BCUT2D eigenvalue weighted by Crippen LogP contribution is -2.31. The van der Waals surface area contributed by atoms with Crippen molar-refractivity contribution in [2.45, 2.75) is 51.4 Å². The normalized spacial score (nSPS) is 29.0. The Morgan fingerprint density at radius 3 is 2.71 bits per heavy atom. The van der Waals surface area contributed by atoms with E-state index in [0.717, 1.165) is 24.7 Å². The summed E-state index contributed by atoms with van der Waals surface area (Å²) in [6.07, 6.45) is 8.83. The number of halogens is 2. The van der Waals surface area contributed by atoms with Gasteiger partial charge in [0, 0.05) is 17.4 Å². The summed E-state index contributed by atoms with van der Waals surface area (Å²) < 4.78 is 13.3. The number of carbonyl (C=O) groups is 1. The lowest BCUT2D eigenvalue weighted by atomic mass is 9.66. The molecule has 2 saturated carbocycles. The molecular formula is C18H22ClFO. The molecule has 3 heteroatoms. The van der Waals surface area contributed by atoms with Gasteiger partial charge in [-0.05, 0) is 54.9 Å². The monoisotopic (exact) mass is 308 g/mol. The van der Waals surface area contributed by atoms with Crippen LogP contribution in [0.4, 0.5) is 4.39 Å². The van der Waals surface area contributed by atoms with Gasteiger partial charge in [0.15, 0.2) is 0 Å². The molecule has 0 heterocycles. The highest BCUT2D eigenvalue weighted by atomic mass is 35.5. The Morgan fingerprint density at radius 2 is 1.90 bits per heavy atom. The Kier molecular flexibility index (Phi) is 4.63. The van der Waals surface area contributed by atoms with Gasteiger partial charge in [0.05, 0.1) is 0 Å². The molecule has 2 aliphatic carbocycles. The van der Waals surface area contributed by atoms with Crippen LogP contribution < -0.4 is 0 Å². The number of ketones is 1. The van der Waals surface area contributed by atoms with Gasteiger partial charge in [-0.25, -0.2) is 4.39 Å². The van der Waals surface area contributed by atoms with Crippen molar-refractivity contribution in [3.05, 3.63) is 34.6 Å². The first-order valence-electron chi connectivity index (χ1n) is 8.10. The van der Waals surface area contributed by atoms with Gasteiger partial charge in [-0.1, -0.05) is 37.3 Å². The predicted molar refractivity (Wildman–Crippen MR) is 82.9 cm³/mol.